The summed E-state index contributed by atoms with van der Waals surface area (Å²) < 4.78 is 10.6. The minimum absolute atomic E-state index is 0.161. The lowest BCUT2D eigenvalue weighted by molar-refractivity contribution is 0.139. The van der Waals surface area contributed by atoms with Crippen molar-refractivity contribution in [2.24, 2.45) is 5.73 Å². The SMILES string of the molecule is COc1ccc(C(C)N2CCN(C(=N)N)CC2)cc1OC. The van der Waals surface area contributed by atoms with Crippen LogP contribution in [0.1, 0.15) is 18.5 Å². The lowest BCUT2D eigenvalue weighted by Gasteiger charge is -2.38. The van der Waals surface area contributed by atoms with Gasteiger partial charge in [0, 0.05) is 32.2 Å². The molecule has 3 N–H and O–H groups in total. The van der Waals surface area contributed by atoms with E-state index in [4.69, 9.17) is 20.6 Å². The normalized spacial score (nSPS) is 17.4. The van der Waals surface area contributed by atoms with Crippen molar-refractivity contribution in [3.63, 3.8) is 0 Å². The quantitative estimate of drug-likeness (QED) is 0.646. The van der Waals surface area contributed by atoms with E-state index in [1.807, 2.05) is 17.0 Å². The number of nitrogens with zero attached hydrogens (tertiary/aromatic N) is 2. The van der Waals surface area contributed by atoms with Crippen molar-refractivity contribution >= 4 is 5.96 Å². The number of ether oxygens (including phenoxy) is 2. The molecule has 0 saturated carbocycles. The molecular formula is C15H24N4O2. The number of nitrogens with one attached hydrogen (secondary N) is 1. The Hall–Kier alpha value is -1.95. The Balaban J connectivity index is 2.07. The fraction of sp³-hybridized carbons (Fsp3) is 0.533. The van der Waals surface area contributed by atoms with E-state index in [2.05, 4.69) is 17.9 Å². The molecule has 6 nitrogen and oxygen atoms in total. The zero-order chi connectivity index (χ0) is 15.4. The maximum absolute atomic E-state index is 7.48. The molecule has 2 rings (SSSR count). The lowest BCUT2D eigenvalue weighted by atomic mass is 10.1. The van der Waals surface area contributed by atoms with Gasteiger partial charge in [-0.3, -0.25) is 10.3 Å². The Morgan fingerprint density at radius 3 is 2.29 bits per heavy atom. The number of hydrogen-bond donors (Lipinski definition) is 2. The summed E-state index contributed by atoms with van der Waals surface area (Å²) in [6.07, 6.45) is 0. The average Bonchev–Trinajstić information content (AvgIpc) is 2.53. The maximum Gasteiger partial charge on any atom is 0.188 e. The summed E-state index contributed by atoms with van der Waals surface area (Å²) in [6, 6.07) is 6.33. The van der Waals surface area contributed by atoms with E-state index in [0.29, 0.717) is 6.04 Å². The molecule has 1 unspecified atom stereocenters. The van der Waals surface area contributed by atoms with Crippen LogP contribution in [0.25, 0.3) is 0 Å². The molecule has 1 atom stereocenters. The first kappa shape index (κ1) is 15.4. The highest BCUT2D eigenvalue weighted by Crippen LogP contribution is 2.32. The van der Waals surface area contributed by atoms with Crippen molar-refractivity contribution in [1.29, 1.82) is 5.41 Å². The van der Waals surface area contributed by atoms with Gasteiger partial charge >= 0.3 is 0 Å². The fourth-order valence-electron chi connectivity index (χ4n) is 2.67. The molecule has 0 bridgehead atoms. The molecule has 1 saturated heterocycles. The van der Waals surface area contributed by atoms with Gasteiger partial charge in [0.2, 0.25) is 0 Å². The molecule has 0 aromatic heterocycles. The van der Waals surface area contributed by atoms with Gasteiger partial charge in [-0.2, -0.15) is 0 Å². The Morgan fingerprint density at radius 1 is 1.14 bits per heavy atom. The summed E-state index contributed by atoms with van der Waals surface area (Å²) >= 11 is 0. The predicted molar refractivity (Wildman–Crippen MR) is 83.0 cm³/mol. The number of benzene rings is 1. The topological polar surface area (TPSA) is 74.8 Å². The largest absolute Gasteiger partial charge is 0.493 e. The van der Waals surface area contributed by atoms with Gasteiger partial charge < -0.3 is 20.1 Å². The van der Waals surface area contributed by atoms with Gasteiger partial charge in [-0.05, 0) is 24.6 Å². The summed E-state index contributed by atoms with van der Waals surface area (Å²) in [6.45, 7) is 5.58. The number of nitrogens with two attached hydrogens (primary N) is 1. The van der Waals surface area contributed by atoms with Crippen molar-refractivity contribution in [3.8, 4) is 11.5 Å². The van der Waals surface area contributed by atoms with Crippen LogP contribution in [0, 0.1) is 5.41 Å². The van der Waals surface area contributed by atoms with Crippen LogP contribution in [-0.2, 0) is 0 Å². The minimum Gasteiger partial charge on any atom is -0.493 e. The second-order valence-electron chi connectivity index (χ2n) is 5.20. The van der Waals surface area contributed by atoms with Crippen LogP contribution in [0.2, 0.25) is 0 Å². The molecule has 21 heavy (non-hydrogen) atoms. The van der Waals surface area contributed by atoms with Gasteiger partial charge in [0.1, 0.15) is 0 Å². The molecule has 1 fully saturated rings. The van der Waals surface area contributed by atoms with Crippen LogP contribution in [0.3, 0.4) is 0 Å². The minimum atomic E-state index is 0.161. The molecule has 6 heteroatoms. The molecular weight excluding hydrogens is 268 g/mol. The molecule has 1 aliphatic heterocycles. The maximum atomic E-state index is 7.48. The van der Waals surface area contributed by atoms with Crippen LogP contribution in [0.5, 0.6) is 11.5 Å². The average molecular weight is 292 g/mol. The van der Waals surface area contributed by atoms with E-state index in [9.17, 15) is 0 Å². The van der Waals surface area contributed by atoms with Gasteiger partial charge in [0.15, 0.2) is 17.5 Å². The van der Waals surface area contributed by atoms with Crippen molar-refractivity contribution < 1.29 is 9.47 Å². The highest BCUT2D eigenvalue weighted by atomic mass is 16.5. The molecule has 0 aliphatic carbocycles. The summed E-state index contributed by atoms with van der Waals surface area (Å²) in [5.74, 6) is 1.66. The van der Waals surface area contributed by atoms with E-state index in [1.165, 1.54) is 5.56 Å². The van der Waals surface area contributed by atoms with Crippen LogP contribution in [0.4, 0.5) is 0 Å². The van der Waals surface area contributed by atoms with Gasteiger partial charge in [-0.1, -0.05) is 6.07 Å². The zero-order valence-corrected chi connectivity index (χ0v) is 12.9. The predicted octanol–water partition coefficient (Wildman–Crippen LogP) is 1.28. The van der Waals surface area contributed by atoms with Crippen LogP contribution >= 0.6 is 0 Å². The Morgan fingerprint density at radius 2 is 1.76 bits per heavy atom. The molecule has 1 aliphatic rings. The summed E-state index contributed by atoms with van der Waals surface area (Å²) in [5, 5.41) is 7.48. The number of methoxy groups -OCH3 is 2. The monoisotopic (exact) mass is 292 g/mol. The molecule has 0 spiro atoms. The van der Waals surface area contributed by atoms with Crippen LogP contribution in [-0.4, -0.2) is 56.2 Å². The third kappa shape index (κ3) is 3.39. The van der Waals surface area contributed by atoms with Gasteiger partial charge in [-0.15, -0.1) is 0 Å². The number of rotatable bonds is 4. The first-order valence-corrected chi connectivity index (χ1v) is 7.11. The summed E-state index contributed by atoms with van der Waals surface area (Å²) in [7, 11) is 3.29. The highest BCUT2D eigenvalue weighted by Gasteiger charge is 2.23. The molecule has 1 aromatic rings. The number of guanidine groups is 1. The Kier molecular flexibility index (Phi) is 4.90. The van der Waals surface area contributed by atoms with Crippen molar-refractivity contribution in [1.82, 2.24) is 9.80 Å². The first-order chi connectivity index (χ1) is 10.1. The van der Waals surface area contributed by atoms with Gasteiger partial charge in [0.25, 0.3) is 0 Å². The van der Waals surface area contributed by atoms with Crippen LogP contribution in [0.15, 0.2) is 18.2 Å². The number of hydrogen-bond acceptors (Lipinski definition) is 4. The van der Waals surface area contributed by atoms with Gasteiger partial charge in [0.05, 0.1) is 14.2 Å². The molecule has 0 amide bonds. The number of piperazine rings is 1. The second-order valence-corrected chi connectivity index (χ2v) is 5.20. The highest BCUT2D eigenvalue weighted by molar-refractivity contribution is 5.74. The lowest BCUT2D eigenvalue weighted by Crippen LogP contribution is -2.51. The van der Waals surface area contributed by atoms with E-state index in [1.54, 1.807) is 14.2 Å². The Labute approximate surface area is 125 Å². The van der Waals surface area contributed by atoms with E-state index >= 15 is 0 Å². The smallest absolute Gasteiger partial charge is 0.188 e. The fourth-order valence-corrected chi connectivity index (χ4v) is 2.67. The van der Waals surface area contributed by atoms with E-state index in [0.717, 1.165) is 37.7 Å². The third-order valence-electron chi connectivity index (χ3n) is 4.09. The standard InChI is InChI=1S/C15H24N4O2/c1-11(18-6-8-19(9-7-18)15(16)17)12-4-5-13(20-2)14(10-12)21-3/h4-5,10-11H,6-9H2,1-3H3,(H3,16,17). The van der Waals surface area contributed by atoms with Crippen LogP contribution < -0.4 is 15.2 Å². The summed E-state index contributed by atoms with van der Waals surface area (Å²) in [4.78, 5) is 4.29. The van der Waals surface area contributed by atoms with Crippen molar-refractivity contribution in [2.45, 2.75) is 13.0 Å². The van der Waals surface area contributed by atoms with E-state index < -0.39 is 0 Å². The molecule has 116 valence electrons. The third-order valence-corrected chi connectivity index (χ3v) is 4.09. The van der Waals surface area contributed by atoms with Gasteiger partial charge in [-0.25, -0.2) is 0 Å². The van der Waals surface area contributed by atoms with Crippen molar-refractivity contribution in [3.05, 3.63) is 23.8 Å². The molecule has 1 heterocycles. The summed E-state index contributed by atoms with van der Waals surface area (Å²) in [5.41, 5.74) is 6.73. The molecule has 1 aromatic carbocycles. The Bertz CT molecular complexity index is 498. The van der Waals surface area contributed by atoms with E-state index in [-0.39, 0.29) is 5.96 Å². The second kappa shape index (κ2) is 6.67. The first-order valence-electron chi connectivity index (χ1n) is 7.11. The zero-order valence-electron chi connectivity index (χ0n) is 12.9. The van der Waals surface area contributed by atoms with Crippen molar-refractivity contribution in [2.75, 3.05) is 40.4 Å². The molecule has 0 radical (unpaired) electrons.